The molecule has 5 heteroatoms. The van der Waals surface area contributed by atoms with E-state index in [0.29, 0.717) is 0 Å². The highest BCUT2D eigenvalue weighted by Gasteiger charge is 2.21. The van der Waals surface area contributed by atoms with Gasteiger partial charge in [0.25, 0.3) is 0 Å². The quantitative estimate of drug-likeness (QED) is 0.467. The molecule has 0 saturated heterocycles. The van der Waals surface area contributed by atoms with Crippen LogP contribution in [0.5, 0.6) is 0 Å². The lowest BCUT2D eigenvalue weighted by atomic mass is 10.0. The molecule has 1 N–H and O–H groups in total. The molecule has 0 saturated carbocycles. The maximum atomic E-state index is 4.98. The second kappa shape index (κ2) is 6.88. The zero-order valence-electron chi connectivity index (χ0n) is 13.1. The molecule has 0 atom stereocenters. The molecule has 0 aliphatic carbocycles. The number of hydrogen-bond donors (Lipinski definition) is 1. The van der Waals surface area contributed by atoms with E-state index in [-0.39, 0.29) is 0 Å². The van der Waals surface area contributed by atoms with Crippen molar-refractivity contribution in [3.63, 3.8) is 0 Å². The average molecular weight is 494 g/mol. The van der Waals surface area contributed by atoms with Crippen LogP contribution in [-0.4, -0.2) is 16.3 Å². The first kappa shape index (κ1) is 16.1. The van der Waals surface area contributed by atoms with Crippen molar-refractivity contribution in [3.05, 3.63) is 62.1 Å². The Morgan fingerprint density at radius 1 is 1.08 bits per heavy atom. The normalized spacial score (nSPS) is 13.9. The Morgan fingerprint density at radius 2 is 1.92 bits per heavy atom. The number of hydrogen-bond acceptors (Lipinski definition) is 2. The topological polar surface area (TPSA) is 29.9 Å². The Bertz CT molecular complexity index is 871. The van der Waals surface area contributed by atoms with Gasteiger partial charge < -0.3 is 5.32 Å². The number of halogens is 2. The second-order valence-corrected chi connectivity index (χ2v) is 8.12. The molecule has 3 aromatic rings. The number of nitrogens with one attached hydrogen (secondary N) is 1. The Hall–Kier alpha value is -1.34. The van der Waals surface area contributed by atoms with E-state index in [4.69, 9.17) is 5.10 Å². The SMILES string of the molecule is Brc1cccc(-c2nn(-c3ccc(I)cc3)c3c2CCCCN3)c1. The van der Waals surface area contributed by atoms with Crippen LogP contribution < -0.4 is 5.32 Å². The molecule has 1 aromatic heterocycles. The third-order valence-corrected chi connectivity index (χ3v) is 5.51. The minimum atomic E-state index is 1.00. The van der Waals surface area contributed by atoms with E-state index in [1.807, 2.05) is 0 Å². The summed E-state index contributed by atoms with van der Waals surface area (Å²) in [6.07, 6.45) is 3.45. The molecular formula is C19H17BrIN3. The van der Waals surface area contributed by atoms with E-state index in [0.717, 1.165) is 40.2 Å². The van der Waals surface area contributed by atoms with Crippen molar-refractivity contribution in [1.82, 2.24) is 9.78 Å². The smallest absolute Gasteiger partial charge is 0.133 e. The summed E-state index contributed by atoms with van der Waals surface area (Å²) >= 11 is 5.91. The highest BCUT2D eigenvalue weighted by atomic mass is 127. The van der Waals surface area contributed by atoms with Gasteiger partial charge in [0, 0.05) is 25.7 Å². The molecule has 4 rings (SSSR count). The van der Waals surface area contributed by atoms with Crippen molar-refractivity contribution in [1.29, 1.82) is 0 Å². The van der Waals surface area contributed by atoms with Crippen molar-refractivity contribution in [2.45, 2.75) is 19.3 Å². The number of rotatable bonds is 2. The predicted octanol–water partition coefficient (Wildman–Crippen LogP) is 5.65. The highest BCUT2D eigenvalue weighted by Crippen LogP contribution is 2.34. The van der Waals surface area contributed by atoms with E-state index in [1.165, 1.54) is 22.0 Å². The fourth-order valence-corrected chi connectivity index (χ4v) is 3.90. The van der Waals surface area contributed by atoms with Crippen molar-refractivity contribution in [3.8, 4) is 16.9 Å². The van der Waals surface area contributed by atoms with Gasteiger partial charge in [-0.25, -0.2) is 4.68 Å². The summed E-state index contributed by atoms with van der Waals surface area (Å²) in [7, 11) is 0. The first-order valence-electron chi connectivity index (χ1n) is 8.10. The summed E-state index contributed by atoms with van der Waals surface area (Å²) < 4.78 is 4.38. The van der Waals surface area contributed by atoms with Gasteiger partial charge in [-0.1, -0.05) is 28.1 Å². The molecule has 122 valence electrons. The third kappa shape index (κ3) is 3.11. The molecule has 0 radical (unpaired) electrons. The van der Waals surface area contributed by atoms with Crippen LogP contribution in [0.25, 0.3) is 16.9 Å². The number of nitrogens with zero attached hydrogens (tertiary/aromatic N) is 2. The summed E-state index contributed by atoms with van der Waals surface area (Å²) in [5.74, 6) is 1.14. The van der Waals surface area contributed by atoms with E-state index in [9.17, 15) is 0 Å². The molecule has 0 bridgehead atoms. The van der Waals surface area contributed by atoms with Crippen LogP contribution in [0, 0.1) is 3.57 Å². The monoisotopic (exact) mass is 493 g/mol. The third-order valence-electron chi connectivity index (χ3n) is 4.30. The Kier molecular flexibility index (Phi) is 4.63. The van der Waals surface area contributed by atoms with Gasteiger partial charge in [-0.3, -0.25) is 0 Å². The maximum absolute atomic E-state index is 4.98. The van der Waals surface area contributed by atoms with Crippen LogP contribution in [0.3, 0.4) is 0 Å². The highest BCUT2D eigenvalue weighted by molar-refractivity contribution is 14.1. The molecule has 0 spiro atoms. The number of fused-ring (bicyclic) bond motifs is 1. The molecule has 1 aliphatic heterocycles. The fourth-order valence-electron chi connectivity index (χ4n) is 3.14. The predicted molar refractivity (Wildman–Crippen MR) is 111 cm³/mol. The van der Waals surface area contributed by atoms with Crippen LogP contribution in [0.15, 0.2) is 53.0 Å². The van der Waals surface area contributed by atoms with Gasteiger partial charge in [0.2, 0.25) is 0 Å². The molecule has 2 aromatic carbocycles. The number of benzene rings is 2. The van der Waals surface area contributed by atoms with Crippen molar-refractivity contribution >= 4 is 44.3 Å². The van der Waals surface area contributed by atoms with Crippen LogP contribution in [0.1, 0.15) is 18.4 Å². The van der Waals surface area contributed by atoms with Crippen LogP contribution in [0.4, 0.5) is 5.82 Å². The van der Waals surface area contributed by atoms with E-state index in [2.05, 4.69) is 97.1 Å². The molecule has 3 nitrogen and oxygen atoms in total. The van der Waals surface area contributed by atoms with Gasteiger partial charge in [-0.15, -0.1) is 0 Å². The minimum absolute atomic E-state index is 1.00. The lowest BCUT2D eigenvalue weighted by Crippen LogP contribution is -2.07. The zero-order valence-corrected chi connectivity index (χ0v) is 16.8. The molecule has 0 fully saturated rings. The van der Waals surface area contributed by atoms with Crippen molar-refractivity contribution < 1.29 is 0 Å². The molecule has 2 heterocycles. The minimum Gasteiger partial charge on any atom is -0.370 e. The summed E-state index contributed by atoms with van der Waals surface area (Å²) in [5, 5.41) is 8.57. The number of aromatic nitrogens is 2. The van der Waals surface area contributed by atoms with Gasteiger partial charge in [0.15, 0.2) is 0 Å². The summed E-state index contributed by atoms with van der Waals surface area (Å²) in [6.45, 7) is 1.00. The number of anilines is 1. The van der Waals surface area contributed by atoms with Crippen molar-refractivity contribution in [2.24, 2.45) is 0 Å². The average Bonchev–Trinajstić information content (AvgIpc) is 2.77. The van der Waals surface area contributed by atoms with Gasteiger partial charge in [-0.2, -0.15) is 5.10 Å². The van der Waals surface area contributed by atoms with Gasteiger partial charge in [0.05, 0.1) is 11.4 Å². The molecule has 1 aliphatic rings. The summed E-state index contributed by atoms with van der Waals surface area (Å²) in [4.78, 5) is 0. The zero-order chi connectivity index (χ0) is 16.5. The van der Waals surface area contributed by atoms with E-state index >= 15 is 0 Å². The second-order valence-electron chi connectivity index (χ2n) is 5.96. The largest absolute Gasteiger partial charge is 0.370 e. The lowest BCUT2D eigenvalue weighted by Gasteiger charge is -2.09. The Morgan fingerprint density at radius 3 is 2.71 bits per heavy atom. The van der Waals surface area contributed by atoms with Gasteiger partial charge >= 0.3 is 0 Å². The van der Waals surface area contributed by atoms with Crippen molar-refractivity contribution in [2.75, 3.05) is 11.9 Å². The van der Waals surface area contributed by atoms with Gasteiger partial charge in [-0.05, 0) is 78.3 Å². The first-order valence-corrected chi connectivity index (χ1v) is 9.97. The maximum Gasteiger partial charge on any atom is 0.133 e. The first-order chi connectivity index (χ1) is 11.7. The van der Waals surface area contributed by atoms with Crippen LogP contribution >= 0.6 is 38.5 Å². The fraction of sp³-hybridized carbons (Fsp3) is 0.211. The molecule has 24 heavy (non-hydrogen) atoms. The molecular weight excluding hydrogens is 477 g/mol. The summed E-state index contributed by atoms with van der Waals surface area (Å²) in [6, 6.07) is 16.9. The Balaban J connectivity index is 1.90. The lowest BCUT2D eigenvalue weighted by molar-refractivity contribution is 0.780. The summed E-state index contributed by atoms with van der Waals surface area (Å²) in [5.41, 5.74) is 4.67. The van der Waals surface area contributed by atoms with Gasteiger partial charge in [0.1, 0.15) is 5.82 Å². The van der Waals surface area contributed by atoms with Crippen LogP contribution in [0.2, 0.25) is 0 Å². The van der Waals surface area contributed by atoms with E-state index in [1.54, 1.807) is 0 Å². The van der Waals surface area contributed by atoms with E-state index < -0.39 is 0 Å². The Labute approximate surface area is 163 Å². The molecule has 0 unspecified atom stereocenters. The van der Waals surface area contributed by atoms with Crippen LogP contribution in [-0.2, 0) is 6.42 Å². The molecule has 0 amide bonds. The standard InChI is InChI=1S/C19H17BrIN3/c20-14-5-3-4-13(12-14)18-17-6-1-2-11-22-19(17)24(23-18)16-9-7-15(21)8-10-16/h3-5,7-10,12,22H,1-2,6,11H2.